The number of likely N-dealkylation sites (tertiary alicyclic amines) is 3. The van der Waals surface area contributed by atoms with Crippen molar-refractivity contribution in [3.05, 3.63) is 187 Å². The number of alkyl halides is 4. The number of amidine groups is 3. The molecule has 0 spiro atoms. The molecule has 6 aromatic rings. The van der Waals surface area contributed by atoms with E-state index < -0.39 is 102 Å². The minimum Gasteiger partial charge on any atom is -0.481 e. The number of hydrogen-bond acceptors (Lipinski definition) is 27. The van der Waals surface area contributed by atoms with Crippen LogP contribution in [0.5, 0.6) is 0 Å². The van der Waals surface area contributed by atoms with Gasteiger partial charge in [-0.1, -0.05) is 57.3 Å². The second-order valence-corrected chi connectivity index (χ2v) is 32.8. The van der Waals surface area contributed by atoms with Crippen molar-refractivity contribution in [3.63, 3.8) is 0 Å². The number of likely N-dealkylation sites (N-methyl/N-ethyl adjacent to an activating group) is 1. The zero-order valence-electron chi connectivity index (χ0n) is 60.8. The molecule has 9 heterocycles. The molecule has 0 saturated carbocycles. The van der Waals surface area contributed by atoms with E-state index in [1.165, 1.54) is 111 Å². The zero-order chi connectivity index (χ0) is 81.4. The summed E-state index contributed by atoms with van der Waals surface area (Å²) in [4.78, 5) is 106. The number of carbonyl (C=O) groups is 6. The molecule has 606 valence electrons. The van der Waals surface area contributed by atoms with Gasteiger partial charge in [-0.05, 0) is 69.8 Å². The highest BCUT2D eigenvalue weighted by atomic mass is 79.9. The number of carboxylic acids is 3. The molecule has 3 saturated heterocycles. The lowest BCUT2D eigenvalue weighted by Crippen LogP contribution is -2.39. The molecule has 6 aliphatic rings. The minimum absolute atomic E-state index is 0.0378. The van der Waals surface area contributed by atoms with Gasteiger partial charge in [-0.3, -0.25) is 49.0 Å². The quantitative estimate of drug-likeness (QED) is 0.0139. The summed E-state index contributed by atoms with van der Waals surface area (Å²) in [6, 6.07) is 9.09. The lowest BCUT2D eigenvalue weighted by Gasteiger charge is -2.29. The van der Waals surface area contributed by atoms with Crippen LogP contribution in [0.3, 0.4) is 0 Å². The van der Waals surface area contributed by atoms with E-state index in [9.17, 15) is 59.5 Å². The first kappa shape index (κ1) is 87.5. The minimum atomic E-state index is -3.09. The maximum Gasteiger partial charge on any atom is 0.338 e. The largest absolute Gasteiger partial charge is 0.481 e. The number of aliphatic imine (C=N–C) groups is 3. The lowest BCUT2D eigenvalue weighted by atomic mass is 9.95. The van der Waals surface area contributed by atoms with Crippen LogP contribution in [0.25, 0.3) is 0 Å². The molecule has 40 heteroatoms. The first-order chi connectivity index (χ1) is 54.0. The van der Waals surface area contributed by atoms with Crippen LogP contribution in [0.1, 0.15) is 70.6 Å². The standard InChI is InChI=1S/C25H27ClF3N5O4S.C24H25BrF2N4O4S2.C24H25ClF2N4O4S2/c1-3-38-24(37)20-18(11-34-10-14(25(28,29)13-34)9-33(2)12-19(35)36)31-22(23-30-6-7-39-23)32-21(20)16-5-4-15(27)8-17(16)26;2*1-2-35-24(34)20-18(10-31-8-13(17(27)9-31)11-36-12-19(32)33)29-22(23-28-5-6-37-23)30-21(20)15-4-3-14(26)7-16(15)25/h4-8,14,21H,3,9-13H2,1-2H3,(H,31,32)(H,35,36);2*3-7,13,17,21H,2,8-12H2,1H3,(H,29,30)(H,32,33)/t14?,21-;2*13?,17?,21-/m000/s1. The van der Waals surface area contributed by atoms with Gasteiger partial charge < -0.3 is 45.5 Å². The maximum atomic E-state index is 15.0. The van der Waals surface area contributed by atoms with Crippen LogP contribution >= 0.6 is 96.7 Å². The van der Waals surface area contributed by atoms with E-state index >= 15 is 0 Å². The third kappa shape index (κ3) is 23.2. The molecule has 0 bridgehead atoms. The van der Waals surface area contributed by atoms with Gasteiger partial charge in [0.1, 0.15) is 47.9 Å². The monoisotopic (exact) mass is 1770 g/mol. The predicted molar refractivity (Wildman–Crippen MR) is 421 cm³/mol. The number of carbonyl (C=O) groups excluding carboxylic acids is 3. The molecular weight excluding hydrogens is 1700 g/mol. The third-order valence-electron chi connectivity index (χ3n) is 18.1. The molecule has 25 nitrogen and oxygen atoms in total. The van der Waals surface area contributed by atoms with Crippen LogP contribution in [-0.2, 0) is 43.0 Å². The van der Waals surface area contributed by atoms with Gasteiger partial charge in [0.2, 0.25) is 0 Å². The molecule has 12 rings (SSSR count). The Bertz CT molecular complexity index is 4430. The van der Waals surface area contributed by atoms with Gasteiger partial charge >= 0.3 is 35.8 Å². The Morgan fingerprint density at radius 1 is 0.566 bits per heavy atom. The van der Waals surface area contributed by atoms with Gasteiger partial charge in [-0.25, -0.2) is 60.1 Å². The van der Waals surface area contributed by atoms with Gasteiger partial charge in [0.15, 0.2) is 32.5 Å². The lowest BCUT2D eigenvalue weighted by molar-refractivity contribution is -0.139. The topological polar surface area (TPSA) is 316 Å². The van der Waals surface area contributed by atoms with Crippen molar-refractivity contribution < 1.29 is 89.0 Å². The SMILES string of the molecule is CCOC(=O)C1=C(CN2CC(CN(C)CC(=O)O)C(F)(F)C2)NC(c2nccs2)=N[C@H]1c1ccc(F)cc1Cl.CCOC(=O)C1=C(CN2CC(F)C(CSCC(=O)O)C2)NC(c2nccs2)=N[C@H]1c1ccc(F)cc1Br.CCOC(=O)C1=C(CN2CC(F)C(CSCC(=O)O)C2)NC(c2nccs2)=N[C@H]1c1ccc(F)cc1Cl. The van der Waals surface area contributed by atoms with Crippen molar-refractivity contribution in [3.8, 4) is 0 Å². The molecule has 0 radical (unpaired) electrons. The average molecular weight is 1770 g/mol. The van der Waals surface area contributed by atoms with Crippen LogP contribution in [0.4, 0.5) is 30.7 Å². The summed E-state index contributed by atoms with van der Waals surface area (Å²) in [5, 5.41) is 43.4. The van der Waals surface area contributed by atoms with Crippen molar-refractivity contribution >= 4 is 150 Å². The van der Waals surface area contributed by atoms with Gasteiger partial charge in [0.25, 0.3) is 5.92 Å². The fourth-order valence-electron chi connectivity index (χ4n) is 13.3. The van der Waals surface area contributed by atoms with Crippen molar-refractivity contribution in [2.24, 2.45) is 32.7 Å². The Labute approximate surface area is 683 Å². The van der Waals surface area contributed by atoms with Crippen molar-refractivity contribution in [1.82, 2.24) is 50.5 Å². The number of thiazole rings is 3. The number of rotatable bonds is 30. The molecule has 3 aromatic heterocycles. The highest BCUT2D eigenvalue weighted by Gasteiger charge is 2.49. The predicted octanol–water partition coefficient (Wildman–Crippen LogP) is 11.4. The van der Waals surface area contributed by atoms with Crippen molar-refractivity contribution in [2.75, 3.05) is 122 Å². The summed E-state index contributed by atoms with van der Waals surface area (Å²) in [5.41, 5.74) is 3.13. The third-order valence-corrected chi connectivity index (χ3v) is 24.0. The second-order valence-electron chi connectivity index (χ2n) is 26.3. The van der Waals surface area contributed by atoms with E-state index in [0.717, 1.165) is 12.1 Å². The summed E-state index contributed by atoms with van der Waals surface area (Å²) < 4.78 is 118. The summed E-state index contributed by atoms with van der Waals surface area (Å²) in [6.45, 7) is 5.65. The Morgan fingerprint density at radius 3 is 1.28 bits per heavy atom. The van der Waals surface area contributed by atoms with Gasteiger partial charge in [-0.2, -0.15) is 0 Å². The number of hydrogen-bond donors (Lipinski definition) is 6. The van der Waals surface area contributed by atoms with Crippen LogP contribution in [0, 0.1) is 35.2 Å². The summed E-state index contributed by atoms with van der Waals surface area (Å²) in [7, 11) is 1.48. The molecule has 8 atom stereocenters. The molecule has 113 heavy (non-hydrogen) atoms. The molecule has 3 aromatic carbocycles. The van der Waals surface area contributed by atoms with Crippen LogP contribution < -0.4 is 16.0 Å². The first-order valence-electron chi connectivity index (χ1n) is 35.1. The van der Waals surface area contributed by atoms with Crippen molar-refractivity contribution in [2.45, 2.75) is 57.2 Å². The van der Waals surface area contributed by atoms with Gasteiger partial charge in [0, 0.05) is 166 Å². The Balaban J connectivity index is 0.000000180. The van der Waals surface area contributed by atoms with Crippen LogP contribution in [-0.4, -0.2) is 243 Å². The smallest absolute Gasteiger partial charge is 0.338 e. The fourth-order valence-corrected chi connectivity index (χ4v) is 18.0. The Hall–Kier alpha value is -7.89. The maximum absolute atomic E-state index is 15.0. The molecule has 0 aliphatic carbocycles. The number of nitrogens with zero attached hydrogens (tertiary/aromatic N) is 10. The summed E-state index contributed by atoms with van der Waals surface area (Å²) >= 11 is 22.5. The fraction of sp³-hybridized carbons (Fsp3) is 0.425. The van der Waals surface area contributed by atoms with E-state index in [1.807, 2.05) is 9.80 Å². The van der Waals surface area contributed by atoms with Crippen LogP contribution in [0.15, 0.2) is 143 Å². The zero-order valence-corrected chi connectivity index (χ0v) is 68.0. The number of aromatic nitrogens is 3. The number of carboxylic acid groups (broad SMARTS) is 3. The highest BCUT2D eigenvalue weighted by molar-refractivity contribution is 9.10. The summed E-state index contributed by atoms with van der Waals surface area (Å²) in [6.07, 6.45) is 2.59. The second kappa shape index (κ2) is 40.6. The number of nitrogens with one attached hydrogen (secondary N) is 3. The number of benzene rings is 3. The number of halogens is 10. The highest BCUT2D eigenvalue weighted by Crippen LogP contribution is 2.43. The van der Waals surface area contributed by atoms with E-state index in [2.05, 4.69) is 51.8 Å². The van der Waals surface area contributed by atoms with Gasteiger partial charge in [-0.15, -0.1) is 57.5 Å². The van der Waals surface area contributed by atoms with Crippen LogP contribution in [0.2, 0.25) is 10.0 Å². The Morgan fingerprint density at radius 2 is 0.938 bits per heavy atom. The molecule has 5 unspecified atom stereocenters. The molecule has 6 aliphatic heterocycles. The number of thioether (sulfide) groups is 2. The average Bonchev–Trinajstić information content (AvgIpc) is 1.70. The van der Waals surface area contributed by atoms with E-state index in [0.29, 0.717) is 89.7 Å². The number of esters is 3. The molecule has 3 fully saturated rings. The van der Waals surface area contributed by atoms with E-state index in [4.69, 9.17) is 62.7 Å². The van der Waals surface area contributed by atoms with Gasteiger partial charge in [0.05, 0.1) is 61.1 Å². The normalized spacial score (nSPS) is 21.7. The number of aliphatic carboxylic acids is 3. The van der Waals surface area contributed by atoms with E-state index in [1.54, 1.807) is 61.6 Å². The van der Waals surface area contributed by atoms with Crippen molar-refractivity contribution in [1.29, 1.82) is 0 Å². The first-order valence-corrected chi connectivity index (χ1v) is 41.6. The molecule has 0 amide bonds. The van der Waals surface area contributed by atoms with E-state index in [-0.39, 0.29) is 128 Å². The Kier molecular flexibility index (Phi) is 31.4. The summed E-state index contributed by atoms with van der Waals surface area (Å²) in [5.74, 6) is -9.50. The molecule has 6 N–H and O–H groups in total. The number of ether oxygens (including phenoxy) is 3. The molecular formula is C73H77BrCl2F7N13O12S5.